The summed E-state index contributed by atoms with van der Waals surface area (Å²) in [6.45, 7) is 0. The molecule has 1 aliphatic rings. The Kier molecular flexibility index (Phi) is 4.38. The molecule has 106 valence electrons. The van der Waals surface area contributed by atoms with Crippen LogP contribution in [0.3, 0.4) is 0 Å². The van der Waals surface area contributed by atoms with Gasteiger partial charge in [0.05, 0.1) is 5.92 Å². The summed E-state index contributed by atoms with van der Waals surface area (Å²) in [6.07, 6.45) is -2.59. The summed E-state index contributed by atoms with van der Waals surface area (Å²) in [6, 6.07) is 3.90. The van der Waals surface area contributed by atoms with E-state index in [0.717, 1.165) is 0 Å². The zero-order chi connectivity index (χ0) is 14.0. The van der Waals surface area contributed by atoms with Gasteiger partial charge in [0.15, 0.2) is 0 Å². The summed E-state index contributed by atoms with van der Waals surface area (Å²) in [4.78, 5) is 0. The van der Waals surface area contributed by atoms with Crippen LogP contribution in [0.4, 0.5) is 23.2 Å². The molecule has 1 fully saturated rings. The Morgan fingerprint density at radius 3 is 2.58 bits per heavy atom. The molecule has 6 heteroatoms. The monoisotopic (exact) mass is 339 g/mol. The van der Waals surface area contributed by atoms with Crippen LogP contribution in [-0.4, -0.2) is 12.2 Å². The summed E-state index contributed by atoms with van der Waals surface area (Å²) >= 11 is 3.20. The standard InChI is InChI=1S/C13H14BrF4N/c14-11-7-9(15)4-5-12(11)19-10-3-1-2-8(6-10)13(16,17)18/h4-5,7-8,10,19H,1-3,6H2. The Balaban J connectivity index is 2.03. The Hall–Kier alpha value is -0.780. The van der Waals surface area contributed by atoms with Gasteiger partial charge in [0.25, 0.3) is 0 Å². The highest BCUT2D eigenvalue weighted by Gasteiger charge is 2.42. The summed E-state index contributed by atoms with van der Waals surface area (Å²) in [5.74, 6) is -1.62. The van der Waals surface area contributed by atoms with E-state index in [4.69, 9.17) is 0 Å². The lowest BCUT2D eigenvalue weighted by Crippen LogP contribution is -2.34. The van der Waals surface area contributed by atoms with E-state index in [1.165, 1.54) is 18.2 Å². The number of nitrogens with one attached hydrogen (secondary N) is 1. The number of halogens is 5. The van der Waals surface area contributed by atoms with E-state index in [9.17, 15) is 17.6 Å². The van der Waals surface area contributed by atoms with Gasteiger partial charge in [-0.15, -0.1) is 0 Å². The average Bonchev–Trinajstić information content (AvgIpc) is 2.32. The van der Waals surface area contributed by atoms with Crippen LogP contribution in [0, 0.1) is 11.7 Å². The van der Waals surface area contributed by atoms with Gasteiger partial charge in [-0.25, -0.2) is 4.39 Å². The lowest BCUT2D eigenvalue weighted by atomic mass is 9.85. The molecular weight excluding hydrogens is 326 g/mol. The fourth-order valence-corrected chi connectivity index (χ4v) is 2.91. The van der Waals surface area contributed by atoms with Gasteiger partial charge in [-0.1, -0.05) is 6.42 Å². The van der Waals surface area contributed by atoms with Crippen LogP contribution >= 0.6 is 15.9 Å². The maximum absolute atomic E-state index is 12.9. The van der Waals surface area contributed by atoms with Gasteiger partial charge in [0.2, 0.25) is 0 Å². The molecule has 0 aromatic heterocycles. The molecule has 0 spiro atoms. The largest absolute Gasteiger partial charge is 0.391 e. The number of hydrogen-bond acceptors (Lipinski definition) is 1. The minimum Gasteiger partial charge on any atom is -0.381 e. The van der Waals surface area contributed by atoms with Crippen molar-refractivity contribution >= 4 is 21.6 Å². The second-order valence-electron chi connectivity index (χ2n) is 4.87. The molecule has 0 amide bonds. The Morgan fingerprint density at radius 2 is 1.95 bits per heavy atom. The minimum atomic E-state index is -4.12. The molecule has 1 nitrogen and oxygen atoms in total. The number of hydrogen-bond donors (Lipinski definition) is 1. The smallest absolute Gasteiger partial charge is 0.381 e. The third kappa shape index (κ3) is 3.84. The molecule has 0 aliphatic heterocycles. The highest BCUT2D eigenvalue weighted by Crippen LogP contribution is 2.38. The van der Waals surface area contributed by atoms with Crippen molar-refractivity contribution in [3.8, 4) is 0 Å². The minimum absolute atomic E-state index is 0.0767. The first-order chi connectivity index (χ1) is 8.86. The van der Waals surface area contributed by atoms with Gasteiger partial charge in [-0.2, -0.15) is 13.2 Å². The Morgan fingerprint density at radius 1 is 1.21 bits per heavy atom. The van der Waals surface area contributed by atoms with Crippen molar-refractivity contribution in [2.24, 2.45) is 5.92 Å². The Bertz CT molecular complexity index is 447. The molecule has 19 heavy (non-hydrogen) atoms. The second kappa shape index (κ2) is 5.69. The molecule has 2 rings (SSSR count). The molecule has 2 atom stereocenters. The topological polar surface area (TPSA) is 12.0 Å². The highest BCUT2D eigenvalue weighted by atomic mass is 79.9. The summed E-state index contributed by atoms with van der Waals surface area (Å²) in [5, 5.41) is 3.06. The number of benzene rings is 1. The van der Waals surface area contributed by atoms with Gasteiger partial charge in [0, 0.05) is 16.2 Å². The maximum Gasteiger partial charge on any atom is 0.391 e. The van der Waals surface area contributed by atoms with Crippen molar-refractivity contribution < 1.29 is 17.6 Å². The van der Waals surface area contributed by atoms with Crippen LogP contribution < -0.4 is 5.32 Å². The van der Waals surface area contributed by atoms with E-state index in [2.05, 4.69) is 21.2 Å². The summed E-state index contributed by atoms with van der Waals surface area (Å²) in [7, 11) is 0. The first-order valence-corrected chi connectivity index (χ1v) is 6.94. The van der Waals surface area contributed by atoms with Crippen LogP contribution in [-0.2, 0) is 0 Å². The fraction of sp³-hybridized carbons (Fsp3) is 0.538. The SMILES string of the molecule is Fc1ccc(NC2CCCC(C(F)(F)F)C2)c(Br)c1. The van der Waals surface area contributed by atoms with Gasteiger partial charge < -0.3 is 5.32 Å². The van der Waals surface area contributed by atoms with Crippen molar-refractivity contribution in [3.63, 3.8) is 0 Å². The maximum atomic E-state index is 12.9. The van der Waals surface area contributed by atoms with E-state index in [-0.39, 0.29) is 24.7 Å². The van der Waals surface area contributed by atoms with Crippen molar-refractivity contribution in [2.75, 3.05) is 5.32 Å². The lowest BCUT2D eigenvalue weighted by molar-refractivity contribution is -0.182. The second-order valence-corrected chi connectivity index (χ2v) is 5.72. The van der Waals surface area contributed by atoms with Gasteiger partial charge in [0.1, 0.15) is 5.82 Å². The molecule has 1 aliphatic carbocycles. The summed E-state index contributed by atoms with van der Waals surface area (Å²) < 4.78 is 51.6. The number of anilines is 1. The Labute approximate surface area is 117 Å². The predicted molar refractivity (Wildman–Crippen MR) is 69.5 cm³/mol. The van der Waals surface area contributed by atoms with Crippen molar-refractivity contribution in [3.05, 3.63) is 28.5 Å². The lowest BCUT2D eigenvalue weighted by Gasteiger charge is -2.31. The van der Waals surface area contributed by atoms with E-state index in [1.54, 1.807) is 0 Å². The fourth-order valence-electron chi connectivity index (χ4n) is 2.44. The van der Waals surface area contributed by atoms with Crippen LogP contribution in [0.1, 0.15) is 25.7 Å². The molecular formula is C13H14BrF4N. The number of alkyl halides is 3. The van der Waals surface area contributed by atoms with Crippen LogP contribution in [0.5, 0.6) is 0 Å². The number of rotatable bonds is 2. The van der Waals surface area contributed by atoms with Crippen LogP contribution in [0.25, 0.3) is 0 Å². The third-order valence-corrected chi connectivity index (χ3v) is 4.08. The van der Waals surface area contributed by atoms with Gasteiger partial charge >= 0.3 is 6.18 Å². The molecule has 1 aromatic rings. The third-order valence-electron chi connectivity index (χ3n) is 3.43. The van der Waals surface area contributed by atoms with E-state index < -0.39 is 12.1 Å². The molecule has 0 heterocycles. The van der Waals surface area contributed by atoms with Crippen molar-refractivity contribution in [1.82, 2.24) is 0 Å². The molecule has 1 aromatic carbocycles. The molecule has 0 saturated heterocycles. The zero-order valence-electron chi connectivity index (χ0n) is 10.1. The van der Waals surface area contributed by atoms with E-state index in [1.807, 2.05) is 0 Å². The molecule has 1 saturated carbocycles. The van der Waals surface area contributed by atoms with Crippen LogP contribution in [0.15, 0.2) is 22.7 Å². The summed E-state index contributed by atoms with van der Waals surface area (Å²) in [5.41, 5.74) is 0.634. The van der Waals surface area contributed by atoms with Gasteiger partial charge in [-0.05, 0) is 53.4 Å². The first-order valence-electron chi connectivity index (χ1n) is 6.14. The molecule has 0 bridgehead atoms. The molecule has 1 N–H and O–H groups in total. The quantitative estimate of drug-likeness (QED) is 0.737. The normalized spacial score (nSPS) is 24.3. The van der Waals surface area contributed by atoms with E-state index >= 15 is 0 Å². The van der Waals surface area contributed by atoms with Crippen molar-refractivity contribution in [2.45, 2.75) is 37.9 Å². The average molecular weight is 340 g/mol. The molecule has 2 unspecified atom stereocenters. The predicted octanol–water partition coefficient (Wildman–Crippen LogP) is 5.12. The van der Waals surface area contributed by atoms with E-state index in [0.29, 0.717) is 23.0 Å². The van der Waals surface area contributed by atoms with Crippen molar-refractivity contribution in [1.29, 1.82) is 0 Å². The molecule has 0 radical (unpaired) electrons. The highest BCUT2D eigenvalue weighted by molar-refractivity contribution is 9.10. The van der Waals surface area contributed by atoms with Crippen LogP contribution in [0.2, 0.25) is 0 Å². The first kappa shape index (κ1) is 14.6. The zero-order valence-corrected chi connectivity index (χ0v) is 11.7. The van der Waals surface area contributed by atoms with Gasteiger partial charge in [-0.3, -0.25) is 0 Å².